The highest BCUT2D eigenvalue weighted by atomic mass is 32.2. The lowest BCUT2D eigenvalue weighted by atomic mass is 9.99. The van der Waals surface area contributed by atoms with Gasteiger partial charge in [-0.2, -0.15) is 0 Å². The Balaban J connectivity index is 1.34. The number of benzene rings is 2. The van der Waals surface area contributed by atoms with E-state index < -0.39 is 0 Å². The number of furan rings is 1. The van der Waals surface area contributed by atoms with Crippen LogP contribution in [0.1, 0.15) is 41.1 Å². The molecule has 4 aromatic rings. The van der Waals surface area contributed by atoms with Gasteiger partial charge in [-0.15, -0.1) is 10.2 Å². The average molecular weight is 473 g/mol. The van der Waals surface area contributed by atoms with Crippen LogP contribution in [0, 0.1) is 13.8 Å². The molecule has 1 amide bonds. The quantitative estimate of drug-likeness (QED) is 0.325. The number of hydrogen-bond donors (Lipinski definition) is 0. The second kappa shape index (κ2) is 9.89. The maximum atomic E-state index is 13.3. The maximum Gasteiger partial charge on any atom is 0.233 e. The maximum absolute atomic E-state index is 13.3. The molecule has 0 aliphatic carbocycles. The van der Waals surface area contributed by atoms with Gasteiger partial charge in [0, 0.05) is 6.54 Å². The number of carbonyl (C=O) groups excluding carboxylic acids is 1. The third kappa shape index (κ3) is 4.66. The number of hydrogen-bond acceptors (Lipinski definition) is 5. The van der Waals surface area contributed by atoms with Crippen LogP contribution in [0.4, 0.5) is 0 Å². The normalized spacial score (nSPS) is 15.7. The van der Waals surface area contributed by atoms with Gasteiger partial charge in [0.15, 0.2) is 10.9 Å². The number of aryl methyl sites for hydroxylation is 2. The molecule has 6 nitrogen and oxygen atoms in total. The van der Waals surface area contributed by atoms with Crippen molar-refractivity contribution in [3.63, 3.8) is 0 Å². The van der Waals surface area contributed by atoms with Crippen molar-refractivity contribution in [3.05, 3.63) is 89.2 Å². The first-order valence-electron chi connectivity index (χ1n) is 11.6. The van der Waals surface area contributed by atoms with Gasteiger partial charge in [-0.05, 0) is 61.1 Å². The fourth-order valence-electron chi connectivity index (χ4n) is 4.48. The van der Waals surface area contributed by atoms with Crippen molar-refractivity contribution in [1.29, 1.82) is 0 Å². The zero-order valence-corrected chi connectivity index (χ0v) is 20.3. The number of rotatable bonds is 7. The number of likely N-dealkylation sites (tertiary alicyclic amines) is 1. The Morgan fingerprint density at radius 2 is 1.91 bits per heavy atom. The second-order valence-corrected chi connectivity index (χ2v) is 9.68. The minimum atomic E-state index is 0.138. The predicted molar refractivity (Wildman–Crippen MR) is 134 cm³/mol. The Labute approximate surface area is 204 Å². The van der Waals surface area contributed by atoms with Crippen LogP contribution in [0.15, 0.2) is 76.5 Å². The van der Waals surface area contributed by atoms with Gasteiger partial charge in [0.1, 0.15) is 0 Å². The molecule has 3 heterocycles. The van der Waals surface area contributed by atoms with Crippen LogP contribution in [0.25, 0.3) is 11.6 Å². The monoisotopic (exact) mass is 472 g/mol. The fraction of sp³-hybridized carbons (Fsp3) is 0.296. The summed E-state index contributed by atoms with van der Waals surface area (Å²) in [7, 11) is 0. The van der Waals surface area contributed by atoms with Gasteiger partial charge in [0.05, 0.1) is 24.6 Å². The molecular weight excluding hydrogens is 444 g/mol. The van der Waals surface area contributed by atoms with Gasteiger partial charge in [-0.1, -0.05) is 60.3 Å². The molecule has 1 aliphatic heterocycles. The van der Waals surface area contributed by atoms with Crippen LogP contribution in [-0.2, 0) is 11.3 Å². The van der Waals surface area contributed by atoms with Gasteiger partial charge in [0.2, 0.25) is 11.7 Å². The van der Waals surface area contributed by atoms with E-state index in [1.165, 1.54) is 28.5 Å². The molecule has 0 saturated carbocycles. The summed E-state index contributed by atoms with van der Waals surface area (Å²) in [6.45, 7) is 5.66. The van der Waals surface area contributed by atoms with E-state index in [2.05, 4.69) is 54.4 Å². The topological polar surface area (TPSA) is 64.2 Å². The van der Waals surface area contributed by atoms with E-state index in [-0.39, 0.29) is 11.9 Å². The SMILES string of the molecule is Cc1ccc(C2CCCN2C(=O)CSc2nnc(-c3ccco3)n2Cc2ccccc2)cc1C. The molecule has 1 unspecified atom stereocenters. The zero-order chi connectivity index (χ0) is 23.5. The largest absolute Gasteiger partial charge is 0.461 e. The van der Waals surface area contributed by atoms with Crippen molar-refractivity contribution in [2.75, 3.05) is 12.3 Å². The number of carbonyl (C=O) groups is 1. The summed E-state index contributed by atoms with van der Waals surface area (Å²) in [5.74, 6) is 1.79. The Morgan fingerprint density at radius 3 is 2.68 bits per heavy atom. The van der Waals surface area contributed by atoms with Crippen molar-refractivity contribution in [2.45, 2.75) is 44.4 Å². The third-order valence-corrected chi connectivity index (χ3v) is 7.41. The molecule has 0 N–H and O–H groups in total. The number of nitrogens with zero attached hydrogens (tertiary/aromatic N) is 4. The first-order chi connectivity index (χ1) is 16.6. The van der Waals surface area contributed by atoms with Crippen LogP contribution in [0.3, 0.4) is 0 Å². The van der Waals surface area contributed by atoms with E-state index in [9.17, 15) is 4.79 Å². The van der Waals surface area contributed by atoms with E-state index in [1.807, 2.05) is 39.8 Å². The summed E-state index contributed by atoms with van der Waals surface area (Å²) in [5.41, 5.74) is 4.91. The molecule has 0 bridgehead atoms. The van der Waals surface area contributed by atoms with Crippen molar-refractivity contribution in [2.24, 2.45) is 0 Å². The molecule has 0 spiro atoms. The van der Waals surface area contributed by atoms with Crippen LogP contribution in [0.5, 0.6) is 0 Å². The highest BCUT2D eigenvalue weighted by molar-refractivity contribution is 7.99. The summed E-state index contributed by atoms with van der Waals surface area (Å²) in [6, 6.07) is 20.6. The molecule has 2 aromatic carbocycles. The van der Waals surface area contributed by atoms with Crippen molar-refractivity contribution in [1.82, 2.24) is 19.7 Å². The Hall–Kier alpha value is -3.32. The number of thioether (sulfide) groups is 1. The summed E-state index contributed by atoms with van der Waals surface area (Å²) >= 11 is 1.44. The predicted octanol–water partition coefficient (Wildman–Crippen LogP) is 5.66. The Morgan fingerprint density at radius 1 is 1.06 bits per heavy atom. The molecule has 1 atom stereocenters. The van der Waals surface area contributed by atoms with E-state index in [4.69, 9.17) is 4.42 Å². The van der Waals surface area contributed by atoms with Gasteiger partial charge in [-0.25, -0.2) is 0 Å². The molecule has 0 radical (unpaired) electrons. The van der Waals surface area contributed by atoms with Crippen LogP contribution < -0.4 is 0 Å². The lowest BCUT2D eigenvalue weighted by Gasteiger charge is -2.25. The highest BCUT2D eigenvalue weighted by Gasteiger charge is 2.30. The molecule has 7 heteroatoms. The first-order valence-corrected chi connectivity index (χ1v) is 12.6. The van der Waals surface area contributed by atoms with E-state index in [1.54, 1.807) is 6.26 Å². The summed E-state index contributed by atoms with van der Waals surface area (Å²) in [5, 5.41) is 9.51. The van der Waals surface area contributed by atoms with Crippen molar-refractivity contribution >= 4 is 17.7 Å². The minimum absolute atomic E-state index is 0.138. The van der Waals surface area contributed by atoms with E-state index in [0.717, 1.165) is 24.9 Å². The molecule has 1 fully saturated rings. The molecule has 174 valence electrons. The molecule has 5 rings (SSSR count). The molecule has 1 aliphatic rings. The lowest BCUT2D eigenvalue weighted by Crippen LogP contribution is -2.32. The average Bonchev–Trinajstić information content (AvgIpc) is 3.61. The molecule has 1 saturated heterocycles. The smallest absolute Gasteiger partial charge is 0.233 e. The third-order valence-electron chi connectivity index (χ3n) is 6.46. The van der Waals surface area contributed by atoms with Gasteiger partial charge < -0.3 is 9.32 Å². The van der Waals surface area contributed by atoms with Gasteiger partial charge >= 0.3 is 0 Å². The van der Waals surface area contributed by atoms with Crippen molar-refractivity contribution in [3.8, 4) is 11.6 Å². The van der Waals surface area contributed by atoms with Gasteiger partial charge in [0.25, 0.3) is 0 Å². The van der Waals surface area contributed by atoms with Crippen LogP contribution in [0.2, 0.25) is 0 Å². The fourth-order valence-corrected chi connectivity index (χ4v) is 5.31. The number of aromatic nitrogens is 3. The van der Waals surface area contributed by atoms with Crippen LogP contribution in [-0.4, -0.2) is 37.9 Å². The summed E-state index contributed by atoms with van der Waals surface area (Å²) in [6.07, 6.45) is 3.67. The number of amides is 1. The highest BCUT2D eigenvalue weighted by Crippen LogP contribution is 2.34. The summed E-state index contributed by atoms with van der Waals surface area (Å²) < 4.78 is 7.62. The van der Waals surface area contributed by atoms with E-state index >= 15 is 0 Å². The molecular formula is C27H28N4O2S. The lowest BCUT2D eigenvalue weighted by molar-refractivity contribution is -0.129. The zero-order valence-electron chi connectivity index (χ0n) is 19.5. The van der Waals surface area contributed by atoms with Crippen molar-refractivity contribution < 1.29 is 9.21 Å². The molecule has 34 heavy (non-hydrogen) atoms. The standard InChI is InChI=1S/C27H28N4O2S/c1-19-12-13-22(16-20(19)2)23-10-6-14-30(23)25(32)18-34-27-29-28-26(24-11-7-15-33-24)31(27)17-21-8-4-3-5-9-21/h3-5,7-9,11-13,15-16,23H,6,10,14,17-18H2,1-2H3. The second-order valence-electron chi connectivity index (χ2n) is 8.73. The summed E-state index contributed by atoms with van der Waals surface area (Å²) in [4.78, 5) is 15.3. The first kappa shape index (κ1) is 22.5. The van der Waals surface area contributed by atoms with Gasteiger partial charge in [-0.3, -0.25) is 9.36 Å². The minimum Gasteiger partial charge on any atom is -0.461 e. The molecule has 2 aromatic heterocycles. The van der Waals surface area contributed by atoms with Crippen LogP contribution >= 0.6 is 11.8 Å². The Kier molecular flexibility index (Phi) is 6.54. The Bertz CT molecular complexity index is 1270. The van der Waals surface area contributed by atoms with E-state index in [0.29, 0.717) is 29.0 Å².